The largest absolute Gasteiger partial charge is 1.00 e. The monoisotopic (exact) mass is 424 g/mol. The van der Waals surface area contributed by atoms with Crippen molar-refractivity contribution in [1.82, 2.24) is 0 Å². The van der Waals surface area contributed by atoms with E-state index in [1.54, 1.807) is 18.2 Å². The van der Waals surface area contributed by atoms with Gasteiger partial charge in [-0.05, 0) is 24.0 Å². The standard InChI is InChI=1S/C23H22O3.2K/c1-14-11-17(5-8-20(14)24)23(4,18-6-9-21(25)15(2)12-18)19-7-10-22(26)16(3)13-19;;/h5-8,11-13,24-26H,1-4H3;;/q-2;2*+1. The summed E-state index contributed by atoms with van der Waals surface area (Å²) < 4.78 is 0. The van der Waals surface area contributed by atoms with Crippen molar-refractivity contribution in [3.05, 3.63) is 88.0 Å². The first-order valence-electron chi connectivity index (χ1n) is 8.47. The molecule has 0 aromatic heterocycles. The Bertz CT molecular complexity index is 858. The van der Waals surface area contributed by atoms with Crippen LogP contribution in [0, 0.1) is 32.9 Å². The van der Waals surface area contributed by atoms with E-state index >= 15 is 0 Å². The summed E-state index contributed by atoms with van der Waals surface area (Å²) in [5.41, 5.74) is 4.60. The molecule has 0 fully saturated rings. The van der Waals surface area contributed by atoms with Crippen molar-refractivity contribution >= 4 is 0 Å². The van der Waals surface area contributed by atoms with E-state index in [0.29, 0.717) is 0 Å². The van der Waals surface area contributed by atoms with Crippen LogP contribution >= 0.6 is 0 Å². The van der Waals surface area contributed by atoms with Gasteiger partial charge in [-0.1, -0.05) is 38.5 Å². The first kappa shape index (κ1) is 26.4. The van der Waals surface area contributed by atoms with E-state index in [1.165, 1.54) is 0 Å². The number of hydrogen-bond acceptors (Lipinski definition) is 3. The average molecular weight is 425 g/mol. The zero-order valence-electron chi connectivity index (χ0n) is 17.4. The minimum atomic E-state index is -0.567. The van der Waals surface area contributed by atoms with Gasteiger partial charge < -0.3 is 15.3 Å². The first-order valence-corrected chi connectivity index (χ1v) is 8.47. The van der Waals surface area contributed by atoms with Gasteiger partial charge in [-0.15, -0.1) is 23.3 Å². The average Bonchev–Trinajstić information content (AvgIpc) is 2.61. The maximum atomic E-state index is 9.93. The number of phenolic OH excluding ortho intramolecular Hbond substituents is 3. The summed E-state index contributed by atoms with van der Waals surface area (Å²) in [6.45, 7) is 7.62. The molecule has 0 aliphatic heterocycles. The van der Waals surface area contributed by atoms with Crippen molar-refractivity contribution < 1.29 is 118 Å². The minimum absolute atomic E-state index is 0. The number of phenols is 3. The summed E-state index contributed by atoms with van der Waals surface area (Å²) in [4.78, 5) is 0. The molecule has 0 aliphatic carbocycles. The summed E-state index contributed by atoms with van der Waals surface area (Å²) in [6.07, 6.45) is 0. The maximum Gasteiger partial charge on any atom is 1.00 e. The van der Waals surface area contributed by atoms with Gasteiger partial charge in [0.25, 0.3) is 0 Å². The summed E-state index contributed by atoms with van der Waals surface area (Å²) in [7, 11) is 0. The molecular weight excluding hydrogens is 402 g/mol. The fraction of sp³-hybridized carbons (Fsp3) is 0.217. The summed E-state index contributed by atoms with van der Waals surface area (Å²) in [6, 6.07) is 18.8. The maximum absolute atomic E-state index is 9.93. The summed E-state index contributed by atoms with van der Waals surface area (Å²) in [5, 5.41) is 29.7. The smallest absolute Gasteiger partial charge is 0.534 e. The zero-order chi connectivity index (χ0) is 19.1. The van der Waals surface area contributed by atoms with E-state index in [0.717, 1.165) is 33.4 Å². The van der Waals surface area contributed by atoms with Gasteiger partial charge in [0.1, 0.15) is 5.75 Å². The van der Waals surface area contributed by atoms with Crippen LogP contribution in [0.2, 0.25) is 0 Å². The number of rotatable bonds is 3. The third-order valence-electron chi connectivity index (χ3n) is 5.15. The molecule has 3 aromatic carbocycles. The van der Waals surface area contributed by atoms with Gasteiger partial charge in [0.2, 0.25) is 0 Å². The van der Waals surface area contributed by atoms with Crippen LogP contribution in [0.1, 0.15) is 40.3 Å². The molecule has 0 unspecified atom stereocenters. The van der Waals surface area contributed by atoms with Crippen LogP contribution in [0.15, 0.2) is 42.5 Å². The summed E-state index contributed by atoms with van der Waals surface area (Å²) in [5.74, 6) is 0.510. The Hall–Kier alpha value is 0.333. The molecule has 134 valence electrons. The third kappa shape index (κ3) is 5.14. The van der Waals surface area contributed by atoms with Crippen LogP contribution in [0.4, 0.5) is 0 Å². The molecule has 0 radical (unpaired) electrons. The van der Waals surface area contributed by atoms with Gasteiger partial charge in [0, 0.05) is 11.5 Å². The third-order valence-corrected chi connectivity index (χ3v) is 5.15. The number of aryl methyl sites for hydroxylation is 3. The van der Waals surface area contributed by atoms with Crippen molar-refractivity contribution in [3.8, 4) is 17.2 Å². The number of benzene rings is 3. The van der Waals surface area contributed by atoms with Gasteiger partial charge >= 0.3 is 103 Å². The molecule has 0 spiro atoms. The van der Waals surface area contributed by atoms with Crippen LogP contribution in [-0.4, -0.2) is 15.3 Å². The van der Waals surface area contributed by atoms with Crippen LogP contribution in [0.25, 0.3) is 0 Å². The van der Waals surface area contributed by atoms with Crippen LogP contribution in [0.3, 0.4) is 0 Å². The van der Waals surface area contributed by atoms with E-state index in [9.17, 15) is 15.3 Å². The molecule has 0 aliphatic rings. The summed E-state index contributed by atoms with van der Waals surface area (Å²) >= 11 is 0. The topological polar surface area (TPSA) is 60.7 Å². The van der Waals surface area contributed by atoms with Gasteiger partial charge in [0.15, 0.2) is 0 Å². The molecule has 3 aromatic rings. The second kappa shape index (κ2) is 10.6. The predicted molar refractivity (Wildman–Crippen MR) is 102 cm³/mol. The first-order chi connectivity index (χ1) is 12.2. The fourth-order valence-corrected chi connectivity index (χ4v) is 3.25. The Balaban J connectivity index is 0.00000196. The van der Waals surface area contributed by atoms with E-state index in [-0.39, 0.29) is 120 Å². The van der Waals surface area contributed by atoms with E-state index < -0.39 is 5.41 Å². The molecule has 28 heavy (non-hydrogen) atoms. The second-order valence-electron chi connectivity index (χ2n) is 6.97. The normalized spacial score (nSPS) is 10.7. The Kier molecular flexibility index (Phi) is 9.96. The van der Waals surface area contributed by atoms with Crippen molar-refractivity contribution in [3.63, 3.8) is 0 Å². The predicted octanol–water partition coefficient (Wildman–Crippen LogP) is -1.31. The van der Waals surface area contributed by atoms with Crippen molar-refractivity contribution in [2.24, 2.45) is 0 Å². The molecule has 0 bridgehead atoms. The van der Waals surface area contributed by atoms with Gasteiger partial charge in [-0.25, -0.2) is 0 Å². The minimum Gasteiger partial charge on any atom is -0.534 e. The molecule has 3 rings (SSSR count). The molecule has 0 saturated carbocycles. The molecule has 3 nitrogen and oxygen atoms in total. The van der Waals surface area contributed by atoms with E-state index in [2.05, 4.69) is 19.1 Å². The molecule has 0 heterocycles. The molecule has 0 amide bonds. The van der Waals surface area contributed by atoms with Crippen molar-refractivity contribution in [1.29, 1.82) is 0 Å². The van der Waals surface area contributed by atoms with Crippen molar-refractivity contribution in [2.45, 2.75) is 33.1 Å². The Morgan fingerprint density at radius 2 is 1.11 bits per heavy atom. The quantitative estimate of drug-likeness (QED) is 0.278. The second-order valence-corrected chi connectivity index (χ2v) is 6.97. The van der Waals surface area contributed by atoms with Crippen LogP contribution in [0.5, 0.6) is 17.2 Å². The number of aromatic hydroxyl groups is 3. The SMILES string of the molecule is Cc1cc(C(C)(c2c[c-]c(O)c(C)c2)c2ccc(O)c(C)c2)c[c-]c1O.[K+].[K+]. The molecular formula is C23H22K2O3. The Labute approximate surface area is 252 Å². The van der Waals surface area contributed by atoms with Gasteiger partial charge in [-0.2, -0.15) is 35.4 Å². The molecule has 0 atom stereocenters. The van der Waals surface area contributed by atoms with E-state index in [1.807, 2.05) is 45.0 Å². The Morgan fingerprint density at radius 3 is 1.50 bits per heavy atom. The van der Waals surface area contributed by atoms with Crippen LogP contribution < -0.4 is 103 Å². The fourth-order valence-electron chi connectivity index (χ4n) is 3.25. The Morgan fingerprint density at radius 1 is 0.679 bits per heavy atom. The van der Waals surface area contributed by atoms with Gasteiger partial charge in [0.05, 0.1) is 0 Å². The molecule has 5 heteroatoms. The zero-order valence-corrected chi connectivity index (χ0v) is 23.6. The molecule has 3 N–H and O–H groups in total. The van der Waals surface area contributed by atoms with Gasteiger partial charge in [-0.3, -0.25) is 0 Å². The van der Waals surface area contributed by atoms with E-state index in [4.69, 9.17) is 0 Å². The van der Waals surface area contributed by atoms with Crippen LogP contribution in [-0.2, 0) is 5.41 Å². The number of hydrogen-bond donors (Lipinski definition) is 3. The molecule has 0 saturated heterocycles. The van der Waals surface area contributed by atoms with Crippen molar-refractivity contribution in [2.75, 3.05) is 0 Å².